The fraction of sp³-hybridized carbons (Fsp3) is 0. The Labute approximate surface area is 155 Å². The van der Waals surface area contributed by atoms with E-state index in [0.29, 0.717) is 0 Å². The molecule has 0 heteroatoms. The fourth-order valence-electron chi connectivity index (χ4n) is 2.33. The van der Waals surface area contributed by atoms with Gasteiger partial charge < -0.3 is 0 Å². The first-order valence-electron chi connectivity index (χ1n) is 8.46. The van der Waals surface area contributed by atoms with E-state index in [4.69, 9.17) is 0 Å². The maximum atomic E-state index is 3.15. The van der Waals surface area contributed by atoms with Crippen LogP contribution in [0.3, 0.4) is 0 Å². The molecule has 0 atom stereocenters. The van der Waals surface area contributed by atoms with Gasteiger partial charge in [-0.25, -0.2) is 0 Å². The minimum absolute atomic E-state index is 0.960. The van der Waals surface area contributed by atoms with E-state index >= 15 is 0 Å². The van der Waals surface area contributed by atoms with Crippen LogP contribution >= 0.6 is 0 Å². The van der Waals surface area contributed by atoms with Gasteiger partial charge in [0.1, 0.15) is 0 Å². The van der Waals surface area contributed by atoms with Gasteiger partial charge in [0.05, 0.1) is 0 Å². The van der Waals surface area contributed by atoms with E-state index in [1.54, 1.807) is 0 Å². The van der Waals surface area contributed by atoms with Crippen LogP contribution in [-0.4, -0.2) is 0 Å². The normalized spacial score (nSPS) is 10.2. The van der Waals surface area contributed by atoms with Gasteiger partial charge in [-0.1, -0.05) is 90.4 Å². The number of rotatable bonds is 2. The van der Waals surface area contributed by atoms with Gasteiger partial charge in [0.2, 0.25) is 0 Å². The van der Waals surface area contributed by atoms with E-state index in [0.717, 1.165) is 22.3 Å². The molecule has 0 bridgehead atoms. The van der Waals surface area contributed by atoms with Crippen LogP contribution in [0.4, 0.5) is 0 Å². The van der Waals surface area contributed by atoms with Gasteiger partial charge in [-0.2, -0.15) is 0 Å². The Bertz CT molecular complexity index is 932. The van der Waals surface area contributed by atoms with Gasteiger partial charge in [0.15, 0.2) is 0 Å². The lowest BCUT2D eigenvalue weighted by atomic mass is 10.1. The molecule has 0 amide bonds. The summed E-state index contributed by atoms with van der Waals surface area (Å²) in [6, 6.07) is 28.3. The summed E-state index contributed by atoms with van der Waals surface area (Å²) in [6.45, 7) is 0. The second-order valence-electron chi connectivity index (χ2n) is 5.61. The van der Waals surface area contributed by atoms with Crippen LogP contribution in [0.15, 0.2) is 97.1 Å². The Balaban J connectivity index is 1.64. The summed E-state index contributed by atoms with van der Waals surface area (Å²) in [5.74, 6) is 12.4. The number of hydrogen-bond acceptors (Lipinski definition) is 0. The van der Waals surface area contributed by atoms with Crippen LogP contribution < -0.4 is 0 Å². The van der Waals surface area contributed by atoms with Crippen LogP contribution in [0, 0.1) is 23.7 Å². The number of allylic oxidation sites excluding steroid dienone is 2. The Morgan fingerprint density at radius 1 is 0.500 bits per heavy atom. The molecular formula is C26H18. The largest absolute Gasteiger partial charge is 0.0696 e. The Morgan fingerprint density at radius 2 is 0.962 bits per heavy atom. The van der Waals surface area contributed by atoms with Crippen molar-refractivity contribution in [1.29, 1.82) is 0 Å². The van der Waals surface area contributed by atoms with Crippen molar-refractivity contribution in [2.24, 2.45) is 0 Å². The first kappa shape index (κ1) is 17.1. The molecule has 122 valence electrons. The van der Waals surface area contributed by atoms with Crippen molar-refractivity contribution in [3.63, 3.8) is 0 Å². The van der Waals surface area contributed by atoms with Crippen LogP contribution in [0.25, 0.3) is 12.2 Å². The van der Waals surface area contributed by atoms with Crippen LogP contribution in [-0.2, 0) is 0 Å². The molecule has 0 saturated carbocycles. The van der Waals surface area contributed by atoms with Crippen molar-refractivity contribution in [2.45, 2.75) is 0 Å². The van der Waals surface area contributed by atoms with Gasteiger partial charge in [-0.15, -0.1) is 0 Å². The molecule has 0 aliphatic carbocycles. The summed E-state index contributed by atoms with van der Waals surface area (Å²) in [6.07, 6.45) is 7.75. The molecular weight excluding hydrogens is 312 g/mol. The molecule has 0 spiro atoms. The minimum atomic E-state index is 0.960. The first-order valence-corrected chi connectivity index (χ1v) is 8.46. The highest BCUT2D eigenvalue weighted by Gasteiger charge is 1.89. The molecule has 3 rings (SSSR count). The molecule has 3 aromatic carbocycles. The molecule has 0 unspecified atom stereocenters. The van der Waals surface area contributed by atoms with Crippen molar-refractivity contribution in [2.75, 3.05) is 0 Å². The monoisotopic (exact) mass is 330 g/mol. The lowest BCUT2D eigenvalue weighted by Gasteiger charge is -1.92. The third kappa shape index (κ3) is 5.72. The first-order chi connectivity index (χ1) is 12.9. The quantitative estimate of drug-likeness (QED) is 0.520. The smallest absolute Gasteiger partial charge is 0.0261 e. The lowest BCUT2D eigenvalue weighted by Crippen LogP contribution is -1.77. The van der Waals surface area contributed by atoms with Crippen molar-refractivity contribution < 1.29 is 0 Å². The second kappa shape index (κ2) is 9.53. The minimum Gasteiger partial charge on any atom is -0.0696 e. The summed E-state index contributed by atoms with van der Waals surface area (Å²) < 4.78 is 0. The predicted molar refractivity (Wildman–Crippen MR) is 111 cm³/mol. The van der Waals surface area contributed by atoms with Crippen LogP contribution in [0.1, 0.15) is 22.3 Å². The summed E-state index contributed by atoms with van der Waals surface area (Å²) in [4.78, 5) is 0. The Morgan fingerprint density at radius 3 is 1.42 bits per heavy atom. The highest BCUT2D eigenvalue weighted by atomic mass is 13.9. The zero-order valence-electron chi connectivity index (χ0n) is 14.4. The van der Waals surface area contributed by atoms with Crippen molar-refractivity contribution in [1.82, 2.24) is 0 Å². The van der Waals surface area contributed by atoms with Crippen molar-refractivity contribution >= 4 is 12.2 Å². The molecule has 0 aromatic heterocycles. The van der Waals surface area contributed by atoms with Crippen molar-refractivity contribution in [3.8, 4) is 23.7 Å². The zero-order valence-corrected chi connectivity index (χ0v) is 14.4. The topological polar surface area (TPSA) is 0 Å². The van der Waals surface area contributed by atoms with Crippen molar-refractivity contribution in [3.05, 3.63) is 119 Å². The molecule has 3 aromatic rings. The van der Waals surface area contributed by atoms with E-state index in [1.807, 2.05) is 85.0 Å². The standard InChI is InChI=1S/C26H18/c1-3-12-23(13-4-1)16-7-9-18-25-20-11-21-26(22-25)19-10-8-17-24-14-5-2-6-15-24/h1-8,11-17,20-22H/b16-7-,17-8-. The van der Waals surface area contributed by atoms with Gasteiger partial charge >= 0.3 is 0 Å². The van der Waals surface area contributed by atoms with Gasteiger partial charge in [0, 0.05) is 11.1 Å². The zero-order chi connectivity index (χ0) is 17.9. The van der Waals surface area contributed by atoms with E-state index < -0.39 is 0 Å². The summed E-state index contributed by atoms with van der Waals surface area (Å²) in [5, 5.41) is 0. The maximum absolute atomic E-state index is 3.15. The molecule has 0 N–H and O–H groups in total. The Hall–Kier alpha value is -3.74. The van der Waals surface area contributed by atoms with Gasteiger partial charge in [-0.3, -0.25) is 0 Å². The molecule has 26 heavy (non-hydrogen) atoms. The third-order valence-corrected chi connectivity index (χ3v) is 3.61. The van der Waals surface area contributed by atoms with E-state index in [9.17, 15) is 0 Å². The number of benzene rings is 3. The average Bonchev–Trinajstić information content (AvgIpc) is 2.71. The van der Waals surface area contributed by atoms with Gasteiger partial charge in [-0.05, 0) is 53.6 Å². The predicted octanol–water partition coefficient (Wildman–Crippen LogP) is 5.82. The summed E-state index contributed by atoms with van der Waals surface area (Å²) in [7, 11) is 0. The second-order valence-corrected chi connectivity index (χ2v) is 5.61. The molecule has 0 saturated heterocycles. The summed E-state index contributed by atoms with van der Waals surface area (Å²) >= 11 is 0. The maximum Gasteiger partial charge on any atom is 0.0261 e. The molecule has 0 nitrogen and oxygen atoms in total. The molecule has 0 radical (unpaired) electrons. The average molecular weight is 330 g/mol. The van der Waals surface area contributed by atoms with E-state index in [1.165, 1.54) is 0 Å². The highest BCUT2D eigenvalue weighted by molar-refractivity contribution is 5.55. The third-order valence-electron chi connectivity index (χ3n) is 3.61. The molecule has 0 aliphatic heterocycles. The van der Waals surface area contributed by atoms with Gasteiger partial charge in [0.25, 0.3) is 0 Å². The molecule has 0 heterocycles. The summed E-state index contributed by atoms with van der Waals surface area (Å²) in [5.41, 5.74) is 4.21. The van der Waals surface area contributed by atoms with E-state index in [2.05, 4.69) is 47.9 Å². The lowest BCUT2D eigenvalue weighted by molar-refractivity contribution is 1.60. The fourth-order valence-corrected chi connectivity index (χ4v) is 2.33. The van der Waals surface area contributed by atoms with E-state index in [-0.39, 0.29) is 0 Å². The Kier molecular flexibility index (Phi) is 6.27. The molecule has 0 fully saturated rings. The SMILES string of the molecule is C(#Cc1cccc(C#C/C=C\c2ccccc2)c1)/C=C\c1ccccc1. The number of hydrogen-bond donors (Lipinski definition) is 0. The van der Waals surface area contributed by atoms with Crippen LogP contribution in [0.2, 0.25) is 0 Å². The molecule has 0 aliphatic rings. The highest BCUT2D eigenvalue weighted by Crippen LogP contribution is 2.04. The van der Waals surface area contributed by atoms with Crippen LogP contribution in [0.5, 0.6) is 0 Å².